The summed E-state index contributed by atoms with van der Waals surface area (Å²) in [5, 5.41) is 8.50. The van der Waals surface area contributed by atoms with E-state index in [-0.39, 0.29) is 22.6 Å². The molecule has 1 aliphatic heterocycles. The minimum absolute atomic E-state index is 0.0490. The van der Waals surface area contributed by atoms with Crippen LogP contribution in [0.1, 0.15) is 78.8 Å². The van der Waals surface area contributed by atoms with Gasteiger partial charge in [-0.05, 0) is 79.6 Å². The van der Waals surface area contributed by atoms with Gasteiger partial charge in [-0.25, -0.2) is 0 Å². The van der Waals surface area contributed by atoms with Gasteiger partial charge in [0.15, 0.2) is 0 Å². The van der Waals surface area contributed by atoms with Gasteiger partial charge in [-0.3, -0.25) is 14.6 Å². The maximum atomic E-state index is 13.5. The second-order valence-electron chi connectivity index (χ2n) is 11.5. The molecule has 2 aromatic rings. The molecule has 2 N–H and O–H groups in total. The fraction of sp³-hybridized carbons (Fsp3) is 0.469. The summed E-state index contributed by atoms with van der Waals surface area (Å²) in [6, 6.07) is 14.1. The third kappa shape index (κ3) is 8.96. The normalized spacial score (nSPS) is 15.7. The number of likely N-dealkylation sites (tertiary alicyclic amines) is 1. The predicted molar refractivity (Wildman–Crippen MR) is 170 cm³/mol. The van der Waals surface area contributed by atoms with Crippen molar-refractivity contribution in [2.24, 2.45) is 4.99 Å². The van der Waals surface area contributed by atoms with E-state index in [1.165, 1.54) is 11.1 Å². The minimum Gasteiger partial charge on any atom is -0.378 e. The van der Waals surface area contributed by atoms with Crippen LogP contribution in [0.3, 0.4) is 0 Å². The molecule has 7 nitrogen and oxygen atoms in total. The lowest BCUT2D eigenvalue weighted by molar-refractivity contribution is 0.0779. The number of amides is 2. The van der Waals surface area contributed by atoms with Gasteiger partial charge in [0.1, 0.15) is 0 Å². The summed E-state index contributed by atoms with van der Waals surface area (Å²) in [5.74, 6) is -0.219. The Hall–Kier alpha value is -3.10. The van der Waals surface area contributed by atoms with E-state index < -0.39 is 0 Å². The summed E-state index contributed by atoms with van der Waals surface area (Å²) in [6.45, 7) is 15.0. The first kappa shape index (κ1) is 31.4. The van der Waals surface area contributed by atoms with Crippen molar-refractivity contribution in [1.82, 2.24) is 15.5 Å². The van der Waals surface area contributed by atoms with Crippen molar-refractivity contribution in [2.75, 3.05) is 38.6 Å². The molecule has 2 amide bonds. The highest BCUT2D eigenvalue weighted by molar-refractivity contribution is 8.02. The molecule has 0 radical (unpaired) electrons. The maximum Gasteiger partial charge on any atom is 0.254 e. The molecule has 1 atom stereocenters. The van der Waals surface area contributed by atoms with E-state index in [0.717, 1.165) is 43.7 Å². The van der Waals surface area contributed by atoms with Gasteiger partial charge in [0.2, 0.25) is 0 Å². The van der Waals surface area contributed by atoms with E-state index in [4.69, 9.17) is 0 Å². The number of carbonyl (C=O) groups excluding carboxylic acids is 2. The molecule has 0 saturated carbocycles. The summed E-state index contributed by atoms with van der Waals surface area (Å²) < 4.78 is 0. The maximum absolute atomic E-state index is 13.5. The number of rotatable bonds is 12. The zero-order valence-electron chi connectivity index (χ0n) is 24.9. The summed E-state index contributed by atoms with van der Waals surface area (Å²) >= 11 is 1.60. The number of allylic oxidation sites excluding steroid dienone is 1. The second kappa shape index (κ2) is 14.5. The van der Waals surface area contributed by atoms with E-state index in [2.05, 4.69) is 67.4 Å². The Morgan fingerprint density at radius 1 is 1.15 bits per heavy atom. The molecule has 0 spiro atoms. The van der Waals surface area contributed by atoms with Crippen LogP contribution in [0.15, 0.2) is 58.6 Å². The van der Waals surface area contributed by atoms with Crippen LogP contribution in [0.25, 0.3) is 0 Å². The quantitative estimate of drug-likeness (QED) is 0.252. The number of nitrogens with zero attached hydrogens (tertiary/aromatic N) is 3. The van der Waals surface area contributed by atoms with Gasteiger partial charge < -0.3 is 20.4 Å². The molecular weight excluding hydrogens is 518 g/mol. The Bertz CT molecular complexity index is 1220. The van der Waals surface area contributed by atoms with Crippen LogP contribution >= 0.6 is 11.8 Å². The third-order valence-electron chi connectivity index (χ3n) is 6.98. The van der Waals surface area contributed by atoms with Crippen LogP contribution in [-0.2, 0) is 12.0 Å². The highest BCUT2D eigenvalue weighted by Gasteiger charge is 2.30. The van der Waals surface area contributed by atoms with Crippen LogP contribution in [0.2, 0.25) is 0 Å². The molecule has 0 bridgehead atoms. The first-order valence-corrected chi connectivity index (χ1v) is 14.9. The van der Waals surface area contributed by atoms with Gasteiger partial charge >= 0.3 is 0 Å². The second-order valence-corrected chi connectivity index (χ2v) is 12.6. The Morgan fingerprint density at radius 3 is 2.60 bits per heavy atom. The van der Waals surface area contributed by atoms with Gasteiger partial charge in [0.25, 0.3) is 11.8 Å². The lowest BCUT2D eigenvalue weighted by Crippen LogP contribution is -2.34. The average molecular weight is 564 g/mol. The van der Waals surface area contributed by atoms with E-state index in [1.807, 2.05) is 48.4 Å². The van der Waals surface area contributed by atoms with E-state index in [9.17, 15) is 9.59 Å². The Kier molecular flexibility index (Phi) is 11.4. The highest BCUT2D eigenvalue weighted by Crippen LogP contribution is 2.31. The summed E-state index contributed by atoms with van der Waals surface area (Å²) in [5.41, 5.74) is 5.41. The van der Waals surface area contributed by atoms with Crippen LogP contribution < -0.4 is 15.5 Å². The molecule has 1 saturated heterocycles. The van der Waals surface area contributed by atoms with Crippen LogP contribution in [0.4, 0.5) is 5.69 Å². The fourth-order valence-electron chi connectivity index (χ4n) is 4.51. The number of hydrogen-bond acceptors (Lipinski definition) is 6. The van der Waals surface area contributed by atoms with Crippen molar-refractivity contribution < 1.29 is 9.59 Å². The SMILES string of the molecule is C=N/C(C)=C\SC1CCCN1C(=O)c1cc(C(=O)NCCCNCc2cccc(C(C)(C)C)c2)cc(N(C)C)c1. The average Bonchev–Trinajstić information content (AvgIpc) is 3.41. The van der Waals surface area contributed by atoms with Crippen molar-refractivity contribution in [3.8, 4) is 0 Å². The number of thioether (sulfide) groups is 1. The van der Waals surface area contributed by atoms with Crippen molar-refractivity contribution in [2.45, 2.75) is 64.3 Å². The lowest BCUT2D eigenvalue weighted by atomic mass is 9.86. The largest absolute Gasteiger partial charge is 0.378 e. The van der Waals surface area contributed by atoms with Crippen molar-refractivity contribution in [1.29, 1.82) is 0 Å². The first-order valence-electron chi connectivity index (χ1n) is 14.0. The molecule has 0 aliphatic carbocycles. The first-order chi connectivity index (χ1) is 19.0. The van der Waals surface area contributed by atoms with E-state index in [0.29, 0.717) is 24.2 Å². The molecule has 216 valence electrons. The van der Waals surface area contributed by atoms with Gasteiger partial charge in [-0.15, -0.1) is 11.8 Å². The Balaban J connectivity index is 1.57. The van der Waals surface area contributed by atoms with Gasteiger partial charge in [0, 0.05) is 56.2 Å². The van der Waals surface area contributed by atoms with Crippen molar-refractivity contribution in [3.05, 3.63) is 75.8 Å². The van der Waals surface area contributed by atoms with Gasteiger partial charge in [-0.2, -0.15) is 0 Å². The third-order valence-corrected chi connectivity index (χ3v) is 8.27. The molecular formula is C32H45N5O2S. The zero-order chi connectivity index (χ0) is 29.3. The summed E-state index contributed by atoms with van der Waals surface area (Å²) in [7, 11) is 3.83. The van der Waals surface area contributed by atoms with Crippen molar-refractivity contribution in [3.63, 3.8) is 0 Å². The van der Waals surface area contributed by atoms with Crippen LogP contribution in [-0.4, -0.2) is 62.5 Å². The summed E-state index contributed by atoms with van der Waals surface area (Å²) in [4.78, 5) is 34.4. The van der Waals surface area contributed by atoms with Crippen LogP contribution in [0.5, 0.6) is 0 Å². The lowest BCUT2D eigenvalue weighted by Gasteiger charge is -2.24. The predicted octanol–water partition coefficient (Wildman–Crippen LogP) is 5.82. The number of nitrogens with one attached hydrogen (secondary N) is 2. The van der Waals surface area contributed by atoms with Gasteiger partial charge in [0.05, 0.1) is 5.37 Å². The van der Waals surface area contributed by atoms with Crippen molar-refractivity contribution >= 4 is 36.0 Å². The number of anilines is 1. The molecule has 3 rings (SSSR count). The molecule has 1 aliphatic rings. The number of carbonyl (C=O) groups is 2. The number of benzene rings is 2. The Morgan fingerprint density at radius 2 is 1.90 bits per heavy atom. The fourth-order valence-corrected chi connectivity index (χ4v) is 5.59. The highest BCUT2D eigenvalue weighted by atomic mass is 32.2. The van der Waals surface area contributed by atoms with Crippen LogP contribution in [0, 0.1) is 0 Å². The number of hydrogen-bond donors (Lipinski definition) is 2. The molecule has 0 aromatic heterocycles. The monoisotopic (exact) mass is 563 g/mol. The Labute approximate surface area is 244 Å². The van der Waals surface area contributed by atoms with E-state index >= 15 is 0 Å². The topological polar surface area (TPSA) is 77.0 Å². The molecule has 1 heterocycles. The molecule has 8 heteroatoms. The number of aliphatic imine (C=N–C) groups is 1. The smallest absolute Gasteiger partial charge is 0.254 e. The zero-order valence-corrected chi connectivity index (χ0v) is 25.7. The molecule has 1 fully saturated rings. The molecule has 2 aromatic carbocycles. The standard InChI is InChI=1S/C32H45N5O2S/c1-23(33-5)22-40-29-13-9-16-37(29)31(39)26-18-25(19-28(20-26)36(6)7)30(38)35-15-10-14-34-21-24-11-8-12-27(17-24)32(2,3)4/h8,11-12,17-20,22,29,34H,5,9-10,13-16,21H2,1-4,6-7H3,(H,35,38)/b23-22-. The van der Waals surface area contributed by atoms with E-state index in [1.54, 1.807) is 17.8 Å². The molecule has 40 heavy (non-hydrogen) atoms. The van der Waals surface area contributed by atoms with Gasteiger partial charge in [-0.1, -0.05) is 45.0 Å². The molecule has 1 unspecified atom stereocenters. The minimum atomic E-state index is -0.168. The summed E-state index contributed by atoms with van der Waals surface area (Å²) in [6.07, 6.45) is 2.69.